The third-order valence-corrected chi connectivity index (χ3v) is 7.76. The minimum atomic E-state index is 0.369. The van der Waals surface area contributed by atoms with Crippen molar-refractivity contribution in [2.75, 3.05) is 6.61 Å². The number of hydrogen-bond donors (Lipinski definition) is 1. The van der Waals surface area contributed by atoms with Crippen molar-refractivity contribution >= 4 is 0 Å². The van der Waals surface area contributed by atoms with Gasteiger partial charge in [-0.2, -0.15) is 0 Å². The zero-order valence-corrected chi connectivity index (χ0v) is 25.7. The Morgan fingerprint density at radius 3 is 0.829 bits per heavy atom. The summed E-state index contributed by atoms with van der Waals surface area (Å²) in [4.78, 5) is 0. The average molecular weight is 497 g/mol. The van der Waals surface area contributed by atoms with E-state index in [1.54, 1.807) is 0 Å². The van der Waals surface area contributed by atoms with Gasteiger partial charge in [0.05, 0.1) is 0 Å². The highest BCUT2D eigenvalue weighted by molar-refractivity contribution is 4.56. The molecule has 0 radical (unpaired) electrons. The molecule has 0 saturated heterocycles. The topological polar surface area (TPSA) is 20.2 Å². The minimum Gasteiger partial charge on any atom is -0.396 e. The maximum absolute atomic E-state index is 8.67. The Morgan fingerprint density at radius 1 is 0.343 bits per heavy atom. The molecule has 0 spiro atoms. The van der Waals surface area contributed by atoms with Crippen LogP contribution in [0, 0.1) is 11.8 Å². The Hall–Kier alpha value is -0.0400. The molecule has 0 amide bonds. The van der Waals surface area contributed by atoms with Crippen LogP contribution in [0.15, 0.2) is 0 Å². The lowest BCUT2D eigenvalue weighted by molar-refractivity contribution is 0.282. The predicted octanol–water partition coefficient (Wildman–Crippen LogP) is 12.4. The lowest BCUT2D eigenvalue weighted by atomic mass is 9.96. The highest BCUT2D eigenvalue weighted by atomic mass is 16.2. The van der Waals surface area contributed by atoms with Crippen LogP contribution in [0.1, 0.15) is 202 Å². The van der Waals surface area contributed by atoms with Crippen LogP contribution in [0.25, 0.3) is 0 Å². The first-order valence-corrected chi connectivity index (χ1v) is 16.7. The third kappa shape index (κ3) is 36.2. The third-order valence-electron chi connectivity index (χ3n) is 7.76. The number of rotatable bonds is 27. The highest BCUT2D eigenvalue weighted by Crippen LogP contribution is 2.19. The van der Waals surface area contributed by atoms with E-state index in [0.717, 1.165) is 18.3 Å². The van der Waals surface area contributed by atoms with Gasteiger partial charge in [0.15, 0.2) is 0 Å². The molecule has 1 N–H and O–H groups in total. The lowest BCUT2D eigenvalue weighted by Gasteiger charge is -2.10. The van der Waals surface area contributed by atoms with E-state index in [4.69, 9.17) is 5.11 Å². The van der Waals surface area contributed by atoms with E-state index in [2.05, 4.69) is 34.6 Å². The van der Waals surface area contributed by atoms with Gasteiger partial charge in [-0.25, -0.2) is 0 Å². The van der Waals surface area contributed by atoms with E-state index in [1.165, 1.54) is 161 Å². The molecular formula is C34H72O. The fraction of sp³-hybridized carbons (Fsp3) is 1.00. The molecule has 0 rings (SSSR count). The number of aliphatic hydroxyl groups excluding tert-OH is 1. The second-order valence-corrected chi connectivity index (χ2v) is 11.8. The van der Waals surface area contributed by atoms with Crippen molar-refractivity contribution < 1.29 is 5.11 Å². The summed E-state index contributed by atoms with van der Waals surface area (Å²) in [6.45, 7) is 12.1. The van der Waals surface area contributed by atoms with Gasteiger partial charge in [-0.1, -0.05) is 195 Å². The predicted molar refractivity (Wildman–Crippen MR) is 162 cm³/mol. The molecule has 0 aliphatic heterocycles. The van der Waals surface area contributed by atoms with E-state index in [0.29, 0.717) is 6.61 Å². The van der Waals surface area contributed by atoms with Gasteiger partial charge in [-0.15, -0.1) is 0 Å². The van der Waals surface area contributed by atoms with Crippen LogP contribution in [0.3, 0.4) is 0 Å². The quantitative estimate of drug-likeness (QED) is 0.112. The summed E-state index contributed by atoms with van der Waals surface area (Å²) < 4.78 is 0. The molecule has 0 aromatic rings. The molecule has 0 aliphatic rings. The van der Waals surface area contributed by atoms with Crippen LogP contribution in [0.5, 0.6) is 0 Å². The molecule has 35 heavy (non-hydrogen) atoms. The van der Waals surface area contributed by atoms with Gasteiger partial charge in [0.2, 0.25) is 0 Å². The molecule has 0 saturated carbocycles. The maximum Gasteiger partial charge on any atom is 0.0431 e. The van der Waals surface area contributed by atoms with Gasteiger partial charge >= 0.3 is 0 Å². The molecule has 0 aromatic carbocycles. The fourth-order valence-electron chi connectivity index (χ4n) is 5.07. The van der Waals surface area contributed by atoms with Crippen molar-refractivity contribution in [2.45, 2.75) is 202 Å². The van der Waals surface area contributed by atoms with E-state index in [9.17, 15) is 0 Å². The van der Waals surface area contributed by atoms with Crippen LogP contribution in [0.2, 0.25) is 0 Å². The van der Waals surface area contributed by atoms with E-state index in [-0.39, 0.29) is 0 Å². The lowest BCUT2D eigenvalue weighted by Crippen LogP contribution is -1.95. The summed E-state index contributed by atoms with van der Waals surface area (Å²) in [5.74, 6) is 1.90. The average Bonchev–Trinajstić information content (AvgIpc) is 2.86. The van der Waals surface area contributed by atoms with Gasteiger partial charge in [-0.3, -0.25) is 0 Å². The molecule has 0 aromatic heterocycles. The Kier molecular flexibility index (Phi) is 36.0. The molecule has 0 aliphatic carbocycles. The van der Waals surface area contributed by atoms with Crippen LogP contribution < -0.4 is 0 Å². The minimum absolute atomic E-state index is 0.369. The SMILES string of the molecule is CCCCCCCC(C)CCCCCCCO.CCCCCCCCC(C)CCCCCCCC. The van der Waals surface area contributed by atoms with Crippen molar-refractivity contribution in [1.29, 1.82) is 0 Å². The van der Waals surface area contributed by atoms with Gasteiger partial charge in [0.25, 0.3) is 0 Å². The van der Waals surface area contributed by atoms with Crippen molar-refractivity contribution in [3.63, 3.8) is 0 Å². The Bertz CT molecular complexity index is 323. The summed E-state index contributed by atoms with van der Waals surface area (Å²) >= 11 is 0. The summed E-state index contributed by atoms with van der Waals surface area (Å²) in [6, 6.07) is 0. The van der Waals surface area contributed by atoms with Crippen LogP contribution in [-0.2, 0) is 0 Å². The zero-order valence-electron chi connectivity index (χ0n) is 25.7. The second-order valence-electron chi connectivity index (χ2n) is 11.8. The number of hydrogen-bond acceptors (Lipinski definition) is 1. The summed E-state index contributed by atoms with van der Waals surface area (Å²) in [5, 5.41) is 8.67. The molecule has 214 valence electrons. The number of unbranched alkanes of at least 4 members (excludes halogenated alkanes) is 18. The fourth-order valence-corrected chi connectivity index (χ4v) is 5.07. The van der Waals surface area contributed by atoms with Crippen LogP contribution in [-0.4, -0.2) is 11.7 Å². The maximum atomic E-state index is 8.67. The molecule has 0 heterocycles. The summed E-state index contributed by atoms with van der Waals surface area (Å²) in [6.07, 6.45) is 36.5. The molecule has 1 nitrogen and oxygen atoms in total. The van der Waals surface area contributed by atoms with Gasteiger partial charge in [0.1, 0.15) is 0 Å². The molecule has 1 heteroatoms. The normalized spacial score (nSPS) is 12.1. The number of aliphatic hydroxyl groups is 1. The second kappa shape index (κ2) is 34.0. The smallest absolute Gasteiger partial charge is 0.0431 e. The van der Waals surface area contributed by atoms with Crippen LogP contribution in [0.4, 0.5) is 0 Å². The first kappa shape index (κ1) is 37.1. The molecular weight excluding hydrogens is 424 g/mol. The monoisotopic (exact) mass is 497 g/mol. The van der Waals surface area contributed by atoms with Crippen molar-refractivity contribution in [1.82, 2.24) is 0 Å². The van der Waals surface area contributed by atoms with Crippen LogP contribution >= 0.6 is 0 Å². The Labute approximate surface area is 225 Å². The van der Waals surface area contributed by atoms with E-state index in [1.807, 2.05) is 0 Å². The van der Waals surface area contributed by atoms with Gasteiger partial charge in [-0.05, 0) is 18.3 Å². The standard InChI is InChI=1S/C18H38.C16H34O/c1-4-6-8-10-12-14-16-18(3)17-15-13-11-9-7-5-2;1-3-4-5-7-10-13-16(2)14-11-8-6-9-12-15-17/h18H,4-17H2,1-3H3;16-17H,3-15H2,1-2H3. The van der Waals surface area contributed by atoms with Crippen molar-refractivity contribution in [3.05, 3.63) is 0 Å². The first-order valence-electron chi connectivity index (χ1n) is 16.7. The molecule has 1 atom stereocenters. The van der Waals surface area contributed by atoms with Gasteiger partial charge < -0.3 is 5.11 Å². The molecule has 0 bridgehead atoms. The molecule has 1 unspecified atom stereocenters. The Morgan fingerprint density at radius 2 is 0.571 bits per heavy atom. The highest BCUT2D eigenvalue weighted by Gasteiger charge is 2.03. The Balaban J connectivity index is 0. The van der Waals surface area contributed by atoms with E-state index < -0.39 is 0 Å². The first-order chi connectivity index (χ1) is 17.1. The van der Waals surface area contributed by atoms with Gasteiger partial charge in [0, 0.05) is 6.61 Å². The van der Waals surface area contributed by atoms with Crippen molar-refractivity contribution in [2.24, 2.45) is 11.8 Å². The molecule has 0 fully saturated rings. The van der Waals surface area contributed by atoms with E-state index >= 15 is 0 Å². The zero-order chi connectivity index (χ0) is 26.2. The summed E-state index contributed by atoms with van der Waals surface area (Å²) in [5.41, 5.74) is 0. The largest absolute Gasteiger partial charge is 0.396 e. The summed E-state index contributed by atoms with van der Waals surface area (Å²) in [7, 11) is 0. The van der Waals surface area contributed by atoms with Crippen molar-refractivity contribution in [3.8, 4) is 0 Å².